The van der Waals surface area contributed by atoms with E-state index in [2.05, 4.69) is 33.4 Å². The zero-order chi connectivity index (χ0) is 11.5. The van der Waals surface area contributed by atoms with Crippen molar-refractivity contribution in [1.29, 1.82) is 0 Å². The van der Waals surface area contributed by atoms with Crippen molar-refractivity contribution < 1.29 is 9.90 Å². The minimum atomic E-state index is -0.739. The summed E-state index contributed by atoms with van der Waals surface area (Å²) in [5.74, 6) is -0.313. The van der Waals surface area contributed by atoms with Crippen LogP contribution >= 0.6 is 15.9 Å². The summed E-state index contributed by atoms with van der Waals surface area (Å²) in [7, 11) is 0. The number of carboxylic acid groups (broad SMARTS) is 1. The summed E-state index contributed by atoms with van der Waals surface area (Å²) in [6, 6.07) is 7.82. The van der Waals surface area contributed by atoms with Gasteiger partial charge in [-0.2, -0.15) is 0 Å². The average molecular weight is 284 g/mol. The van der Waals surface area contributed by atoms with Crippen molar-refractivity contribution in [3.05, 3.63) is 34.3 Å². The first-order chi connectivity index (χ1) is 7.65. The van der Waals surface area contributed by atoms with Gasteiger partial charge in [0.25, 0.3) is 0 Å². The van der Waals surface area contributed by atoms with Gasteiger partial charge in [-0.15, -0.1) is 0 Å². The zero-order valence-electron chi connectivity index (χ0n) is 8.82. The highest BCUT2D eigenvalue weighted by atomic mass is 79.9. The van der Waals surface area contributed by atoms with E-state index in [4.69, 9.17) is 5.11 Å². The number of rotatable bonds is 3. The highest BCUT2D eigenvalue weighted by Gasteiger charge is 2.28. The van der Waals surface area contributed by atoms with Gasteiger partial charge in [0.05, 0.1) is 0 Å². The maximum atomic E-state index is 10.8. The molecular formula is C12H14BrNO2. The molecule has 1 aliphatic rings. The summed E-state index contributed by atoms with van der Waals surface area (Å²) < 4.78 is 1.07. The van der Waals surface area contributed by atoms with Gasteiger partial charge < -0.3 is 10.4 Å². The molecule has 1 heterocycles. The number of carbonyl (C=O) groups is 1. The van der Waals surface area contributed by atoms with Gasteiger partial charge in [-0.05, 0) is 43.0 Å². The molecule has 16 heavy (non-hydrogen) atoms. The lowest BCUT2D eigenvalue weighted by atomic mass is 9.97. The maximum Gasteiger partial charge on any atom is 0.320 e. The molecule has 4 heteroatoms. The highest BCUT2D eigenvalue weighted by molar-refractivity contribution is 9.10. The van der Waals surface area contributed by atoms with Crippen LogP contribution in [0.15, 0.2) is 28.7 Å². The second-order valence-electron chi connectivity index (χ2n) is 4.23. The molecule has 0 bridgehead atoms. The number of benzene rings is 1. The molecule has 0 radical (unpaired) electrons. The number of aliphatic carboxylic acids is 1. The van der Waals surface area contributed by atoms with Crippen LogP contribution in [0.25, 0.3) is 0 Å². The van der Waals surface area contributed by atoms with Gasteiger partial charge in [0.1, 0.15) is 6.04 Å². The number of carboxylic acids is 1. The summed E-state index contributed by atoms with van der Waals surface area (Å²) >= 11 is 3.44. The van der Waals surface area contributed by atoms with E-state index in [0.29, 0.717) is 5.92 Å². The van der Waals surface area contributed by atoms with Crippen LogP contribution in [0, 0.1) is 5.92 Å². The first-order valence-electron chi connectivity index (χ1n) is 5.36. The second kappa shape index (κ2) is 4.97. The van der Waals surface area contributed by atoms with Crippen LogP contribution in [0.1, 0.15) is 12.0 Å². The smallest absolute Gasteiger partial charge is 0.320 e. The fraction of sp³-hybridized carbons (Fsp3) is 0.417. The molecule has 86 valence electrons. The van der Waals surface area contributed by atoms with E-state index in [1.807, 2.05) is 12.1 Å². The molecule has 0 saturated carbocycles. The van der Waals surface area contributed by atoms with Crippen molar-refractivity contribution in [2.45, 2.75) is 18.9 Å². The third-order valence-corrected chi connectivity index (χ3v) is 3.43. The largest absolute Gasteiger partial charge is 0.480 e. The summed E-state index contributed by atoms with van der Waals surface area (Å²) in [5, 5.41) is 11.9. The topological polar surface area (TPSA) is 49.3 Å². The van der Waals surface area contributed by atoms with E-state index in [1.165, 1.54) is 5.56 Å². The van der Waals surface area contributed by atoms with Gasteiger partial charge in [0.2, 0.25) is 0 Å². The lowest BCUT2D eigenvalue weighted by Gasteiger charge is -2.08. The molecule has 0 spiro atoms. The van der Waals surface area contributed by atoms with E-state index >= 15 is 0 Å². The number of hydrogen-bond donors (Lipinski definition) is 2. The monoisotopic (exact) mass is 283 g/mol. The fourth-order valence-corrected chi connectivity index (χ4v) is 2.60. The van der Waals surface area contributed by atoms with Crippen molar-refractivity contribution in [2.75, 3.05) is 6.54 Å². The molecule has 0 aromatic heterocycles. The fourth-order valence-electron chi connectivity index (χ4n) is 2.15. The number of hydrogen-bond acceptors (Lipinski definition) is 2. The van der Waals surface area contributed by atoms with Crippen LogP contribution in [-0.2, 0) is 11.2 Å². The molecular weight excluding hydrogens is 270 g/mol. The first-order valence-corrected chi connectivity index (χ1v) is 6.15. The first kappa shape index (κ1) is 11.6. The highest BCUT2D eigenvalue weighted by Crippen LogP contribution is 2.21. The minimum absolute atomic E-state index is 0.364. The summed E-state index contributed by atoms with van der Waals surface area (Å²) in [4.78, 5) is 10.8. The SMILES string of the molecule is O=C(O)C1CC(Cc2cccc(Br)c2)CN1. The maximum absolute atomic E-state index is 10.8. The molecule has 0 amide bonds. The predicted molar refractivity (Wildman–Crippen MR) is 65.4 cm³/mol. The summed E-state index contributed by atoms with van der Waals surface area (Å²) in [6.45, 7) is 0.795. The van der Waals surface area contributed by atoms with Gasteiger partial charge >= 0.3 is 5.97 Å². The molecule has 3 nitrogen and oxygen atoms in total. The Kier molecular flexibility index (Phi) is 3.61. The van der Waals surface area contributed by atoms with E-state index in [9.17, 15) is 4.79 Å². The van der Waals surface area contributed by atoms with Crippen LogP contribution in [0.4, 0.5) is 0 Å². The molecule has 1 aromatic rings. The second-order valence-corrected chi connectivity index (χ2v) is 5.15. The van der Waals surface area contributed by atoms with Gasteiger partial charge in [0, 0.05) is 4.47 Å². The van der Waals surface area contributed by atoms with Gasteiger partial charge in [-0.25, -0.2) is 0 Å². The van der Waals surface area contributed by atoms with E-state index in [-0.39, 0.29) is 6.04 Å². The normalized spacial score (nSPS) is 24.6. The average Bonchev–Trinajstić information content (AvgIpc) is 2.66. The van der Waals surface area contributed by atoms with E-state index < -0.39 is 5.97 Å². The Morgan fingerprint density at radius 2 is 2.38 bits per heavy atom. The zero-order valence-corrected chi connectivity index (χ0v) is 10.4. The molecule has 2 atom stereocenters. The van der Waals surface area contributed by atoms with Crippen LogP contribution < -0.4 is 5.32 Å². The Morgan fingerprint density at radius 1 is 1.56 bits per heavy atom. The third kappa shape index (κ3) is 2.83. The molecule has 1 fully saturated rings. The lowest BCUT2D eigenvalue weighted by molar-refractivity contribution is -0.139. The third-order valence-electron chi connectivity index (χ3n) is 2.93. The Hall–Kier alpha value is -0.870. The molecule has 2 rings (SSSR count). The van der Waals surface area contributed by atoms with Gasteiger partial charge in [-0.3, -0.25) is 4.79 Å². The quantitative estimate of drug-likeness (QED) is 0.893. The summed E-state index contributed by atoms with van der Waals surface area (Å²) in [5.41, 5.74) is 1.26. The van der Waals surface area contributed by atoms with Crippen LogP contribution in [0.3, 0.4) is 0 Å². The molecule has 2 unspecified atom stereocenters. The molecule has 1 aromatic carbocycles. The Bertz CT molecular complexity index is 394. The predicted octanol–water partition coefficient (Wildman–Crippen LogP) is 2.05. The van der Waals surface area contributed by atoms with Crippen molar-refractivity contribution in [2.24, 2.45) is 5.92 Å². The molecule has 1 aliphatic heterocycles. The molecule has 2 N–H and O–H groups in total. The van der Waals surface area contributed by atoms with Crippen LogP contribution in [0.5, 0.6) is 0 Å². The van der Waals surface area contributed by atoms with Crippen molar-refractivity contribution >= 4 is 21.9 Å². The van der Waals surface area contributed by atoms with Crippen molar-refractivity contribution in [3.63, 3.8) is 0 Å². The van der Waals surface area contributed by atoms with E-state index in [0.717, 1.165) is 23.9 Å². The lowest BCUT2D eigenvalue weighted by Crippen LogP contribution is -2.29. The van der Waals surface area contributed by atoms with Crippen LogP contribution in [-0.4, -0.2) is 23.7 Å². The molecule has 0 aliphatic carbocycles. The number of nitrogens with one attached hydrogen (secondary N) is 1. The van der Waals surface area contributed by atoms with E-state index in [1.54, 1.807) is 0 Å². The van der Waals surface area contributed by atoms with Crippen LogP contribution in [0.2, 0.25) is 0 Å². The Balaban J connectivity index is 1.94. The Labute approximate surface area is 103 Å². The minimum Gasteiger partial charge on any atom is -0.480 e. The van der Waals surface area contributed by atoms with Crippen molar-refractivity contribution in [1.82, 2.24) is 5.32 Å². The van der Waals surface area contributed by atoms with Gasteiger partial charge in [0.15, 0.2) is 0 Å². The Morgan fingerprint density at radius 3 is 3.00 bits per heavy atom. The summed E-state index contributed by atoms with van der Waals surface area (Å²) in [6.07, 6.45) is 1.66. The van der Waals surface area contributed by atoms with Gasteiger partial charge in [-0.1, -0.05) is 28.1 Å². The van der Waals surface area contributed by atoms with Crippen molar-refractivity contribution in [3.8, 4) is 0 Å². The standard InChI is InChI=1S/C12H14BrNO2/c13-10-3-1-2-8(5-10)4-9-6-11(12(15)16)14-7-9/h1-3,5,9,11,14H,4,6-7H2,(H,15,16). The number of halogens is 1. The molecule has 1 saturated heterocycles.